The third-order valence-corrected chi connectivity index (χ3v) is 2.86. The molecule has 18 heavy (non-hydrogen) atoms. The molecule has 0 radical (unpaired) electrons. The van der Waals surface area contributed by atoms with E-state index in [9.17, 15) is 4.79 Å². The van der Waals surface area contributed by atoms with E-state index < -0.39 is 0 Å². The van der Waals surface area contributed by atoms with E-state index in [1.807, 2.05) is 13.0 Å². The zero-order valence-electron chi connectivity index (χ0n) is 9.91. The standard InChI is InChI=1S/C14H13ClN2O/c1-9-5-6-10(7-13(9)16)14(18)17-12-4-2-3-11(15)8-12/h2-8H,16H2,1H3,(H,17,18). The molecule has 92 valence electrons. The molecule has 0 heterocycles. The van der Waals surface area contributed by atoms with Crippen LogP contribution in [0.3, 0.4) is 0 Å². The van der Waals surface area contributed by atoms with Gasteiger partial charge in [0.25, 0.3) is 5.91 Å². The molecule has 1 amide bonds. The van der Waals surface area contributed by atoms with E-state index in [1.54, 1.807) is 36.4 Å². The molecule has 3 nitrogen and oxygen atoms in total. The lowest BCUT2D eigenvalue weighted by atomic mass is 10.1. The van der Waals surface area contributed by atoms with Crippen molar-refractivity contribution in [3.05, 3.63) is 58.6 Å². The Morgan fingerprint density at radius 2 is 2.00 bits per heavy atom. The number of nitrogens with one attached hydrogen (secondary N) is 1. The van der Waals surface area contributed by atoms with Gasteiger partial charge in [0.05, 0.1) is 0 Å². The van der Waals surface area contributed by atoms with Crippen molar-refractivity contribution >= 4 is 28.9 Å². The fourth-order valence-electron chi connectivity index (χ4n) is 1.55. The van der Waals surface area contributed by atoms with Crippen LogP contribution >= 0.6 is 11.6 Å². The highest BCUT2D eigenvalue weighted by Crippen LogP contribution is 2.17. The van der Waals surface area contributed by atoms with Gasteiger partial charge in [0.2, 0.25) is 0 Å². The Morgan fingerprint density at radius 3 is 2.67 bits per heavy atom. The van der Waals surface area contributed by atoms with Crippen LogP contribution in [-0.4, -0.2) is 5.91 Å². The summed E-state index contributed by atoms with van der Waals surface area (Å²) in [6, 6.07) is 12.2. The summed E-state index contributed by atoms with van der Waals surface area (Å²) >= 11 is 5.85. The van der Waals surface area contributed by atoms with E-state index in [0.29, 0.717) is 22.0 Å². The number of nitrogen functional groups attached to an aromatic ring is 1. The van der Waals surface area contributed by atoms with Gasteiger partial charge in [0.15, 0.2) is 0 Å². The fraction of sp³-hybridized carbons (Fsp3) is 0.0714. The Morgan fingerprint density at radius 1 is 1.22 bits per heavy atom. The number of benzene rings is 2. The highest BCUT2D eigenvalue weighted by molar-refractivity contribution is 6.30. The molecule has 0 aliphatic heterocycles. The van der Waals surface area contributed by atoms with E-state index in [2.05, 4.69) is 5.32 Å². The van der Waals surface area contributed by atoms with Crippen LogP contribution in [-0.2, 0) is 0 Å². The van der Waals surface area contributed by atoms with Gasteiger partial charge in [0.1, 0.15) is 0 Å². The molecule has 3 N–H and O–H groups in total. The first-order valence-corrected chi connectivity index (χ1v) is 5.87. The molecule has 0 unspecified atom stereocenters. The minimum Gasteiger partial charge on any atom is -0.398 e. The first kappa shape index (κ1) is 12.5. The van der Waals surface area contributed by atoms with E-state index in [4.69, 9.17) is 17.3 Å². The Bertz CT molecular complexity index is 596. The SMILES string of the molecule is Cc1ccc(C(=O)Nc2cccc(Cl)c2)cc1N. The van der Waals surface area contributed by atoms with Crippen molar-refractivity contribution < 1.29 is 4.79 Å². The molecule has 2 aromatic rings. The summed E-state index contributed by atoms with van der Waals surface area (Å²) in [5.74, 6) is -0.205. The molecule has 0 saturated heterocycles. The second-order valence-corrected chi connectivity index (χ2v) is 4.47. The Hall–Kier alpha value is -2.00. The van der Waals surface area contributed by atoms with Crippen molar-refractivity contribution in [1.82, 2.24) is 0 Å². The number of hydrogen-bond acceptors (Lipinski definition) is 2. The number of anilines is 2. The first-order valence-electron chi connectivity index (χ1n) is 5.49. The first-order chi connectivity index (χ1) is 8.56. The highest BCUT2D eigenvalue weighted by atomic mass is 35.5. The number of nitrogens with two attached hydrogens (primary N) is 1. The monoisotopic (exact) mass is 260 g/mol. The summed E-state index contributed by atoms with van der Waals surface area (Å²) in [5, 5.41) is 3.35. The van der Waals surface area contributed by atoms with Crippen LogP contribution in [0.2, 0.25) is 5.02 Å². The molecule has 2 rings (SSSR count). The van der Waals surface area contributed by atoms with E-state index in [0.717, 1.165) is 5.56 Å². The third kappa shape index (κ3) is 2.81. The lowest BCUT2D eigenvalue weighted by molar-refractivity contribution is 0.102. The van der Waals surface area contributed by atoms with E-state index in [-0.39, 0.29) is 5.91 Å². The van der Waals surface area contributed by atoms with Crippen LogP contribution in [0.4, 0.5) is 11.4 Å². The summed E-state index contributed by atoms with van der Waals surface area (Å²) in [6.07, 6.45) is 0. The molecule has 0 aliphatic rings. The molecule has 0 spiro atoms. The quantitative estimate of drug-likeness (QED) is 0.812. The number of carbonyl (C=O) groups excluding carboxylic acids is 1. The molecule has 0 aliphatic carbocycles. The summed E-state index contributed by atoms with van der Waals surface area (Å²) in [7, 11) is 0. The van der Waals surface area contributed by atoms with Crippen LogP contribution in [0, 0.1) is 6.92 Å². The fourth-order valence-corrected chi connectivity index (χ4v) is 1.74. The third-order valence-electron chi connectivity index (χ3n) is 2.62. The van der Waals surface area contributed by atoms with Gasteiger partial charge in [0, 0.05) is 22.0 Å². The topological polar surface area (TPSA) is 55.1 Å². The van der Waals surface area contributed by atoms with Gasteiger partial charge in [-0.05, 0) is 42.8 Å². The summed E-state index contributed by atoms with van der Waals surface area (Å²) in [5.41, 5.74) is 8.52. The Labute approximate surface area is 111 Å². The predicted octanol–water partition coefficient (Wildman–Crippen LogP) is 3.48. The van der Waals surface area contributed by atoms with Gasteiger partial charge in [-0.2, -0.15) is 0 Å². The molecule has 2 aromatic carbocycles. The van der Waals surface area contributed by atoms with Gasteiger partial charge >= 0.3 is 0 Å². The van der Waals surface area contributed by atoms with Crippen molar-refractivity contribution in [3.8, 4) is 0 Å². The van der Waals surface area contributed by atoms with E-state index >= 15 is 0 Å². The van der Waals surface area contributed by atoms with Gasteiger partial charge in [-0.1, -0.05) is 23.7 Å². The van der Waals surface area contributed by atoms with Gasteiger partial charge in [-0.3, -0.25) is 4.79 Å². The minimum absolute atomic E-state index is 0.205. The summed E-state index contributed by atoms with van der Waals surface area (Å²) < 4.78 is 0. The maximum Gasteiger partial charge on any atom is 0.255 e. The largest absolute Gasteiger partial charge is 0.398 e. The van der Waals surface area contributed by atoms with Crippen molar-refractivity contribution in [1.29, 1.82) is 0 Å². The number of aryl methyl sites for hydroxylation is 1. The van der Waals surface area contributed by atoms with E-state index in [1.165, 1.54) is 0 Å². The van der Waals surface area contributed by atoms with Crippen LogP contribution < -0.4 is 11.1 Å². The summed E-state index contributed by atoms with van der Waals surface area (Å²) in [4.78, 5) is 12.0. The molecule has 0 atom stereocenters. The maximum absolute atomic E-state index is 12.0. The number of carbonyl (C=O) groups is 1. The second-order valence-electron chi connectivity index (χ2n) is 4.04. The van der Waals surface area contributed by atoms with Crippen LogP contribution in [0.15, 0.2) is 42.5 Å². The van der Waals surface area contributed by atoms with Crippen molar-refractivity contribution in [2.24, 2.45) is 0 Å². The van der Waals surface area contributed by atoms with Gasteiger partial charge in [-0.15, -0.1) is 0 Å². The Kier molecular flexibility index (Phi) is 3.53. The molecule has 0 saturated carbocycles. The molecule has 0 bridgehead atoms. The van der Waals surface area contributed by atoms with Gasteiger partial charge < -0.3 is 11.1 Å². The lowest BCUT2D eigenvalue weighted by Crippen LogP contribution is -2.12. The van der Waals surface area contributed by atoms with Crippen molar-refractivity contribution in [2.75, 3.05) is 11.1 Å². The molecule has 0 aromatic heterocycles. The number of hydrogen-bond donors (Lipinski definition) is 2. The van der Waals surface area contributed by atoms with Crippen LogP contribution in [0.5, 0.6) is 0 Å². The zero-order chi connectivity index (χ0) is 13.1. The van der Waals surface area contributed by atoms with Crippen molar-refractivity contribution in [3.63, 3.8) is 0 Å². The van der Waals surface area contributed by atoms with Crippen LogP contribution in [0.1, 0.15) is 15.9 Å². The molecule has 4 heteroatoms. The average Bonchev–Trinajstić information content (AvgIpc) is 2.32. The highest BCUT2D eigenvalue weighted by Gasteiger charge is 2.07. The predicted molar refractivity (Wildman–Crippen MR) is 75.0 cm³/mol. The lowest BCUT2D eigenvalue weighted by Gasteiger charge is -2.07. The molecular weight excluding hydrogens is 248 g/mol. The van der Waals surface area contributed by atoms with Gasteiger partial charge in [-0.25, -0.2) is 0 Å². The minimum atomic E-state index is -0.205. The summed E-state index contributed by atoms with van der Waals surface area (Å²) in [6.45, 7) is 1.90. The molecular formula is C14H13ClN2O. The normalized spacial score (nSPS) is 10.1. The second kappa shape index (κ2) is 5.10. The molecule has 0 fully saturated rings. The smallest absolute Gasteiger partial charge is 0.255 e. The number of halogens is 1. The maximum atomic E-state index is 12.0. The zero-order valence-corrected chi connectivity index (χ0v) is 10.7. The average molecular weight is 261 g/mol. The van der Waals surface area contributed by atoms with Crippen LogP contribution in [0.25, 0.3) is 0 Å². The number of rotatable bonds is 2. The van der Waals surface area contributed by atoms with Crippen molar-refractivity contribution in [2.45, 2.75) is 6.92 Å². The Balaban J connectivity index is 2.19. The number of amides is 1.